The molecule has 1 fully saturated rings. The maximum Gasteiger partial charge on any atom is 0.311 e. The minimum atomic E-state index is -1.04. The third-order valence-corrected chi connectivity index (χ3v) is 2.15. The highest BCUT2D eigenvalue weighted by atomic mass is 16.6. The van der Waals surface area contributed by atoms with Crippen LogP contribution in [-0.2, 0) is 14.3 Å². The van der Waals surface area contributed by atoms with Gasteiger partial charge in [0.2, 0.25) is 0 Å². The van der Waals surface area contributed by atoms with Gasteiger partial charge in [-0.3, -0.25) is 9.59 Å². The fraction of sp³-hybridized carbons (Fsp3) is 0.333. The maximum absolute atomic E-state index is 10.9. The van der Waals surface area contributed by atoms with Crippen molar-refractivity contribution in [3.8, 4) is 0 Å². The van der Waals surface area contributed by atoms with Gasteiger partial charge in [0.25, 0.3) is 0 Å². The number of carbonyl (C=O) groups is 2. The van der Waals surface area contributed by atoms with Crippen LogP contribution in [0.3, 0.4) is 0 Å². The fourth-order valence-corrected chi connectivity index (χ4v) is 1.48. The van der Waals surface area contributed by atoms with Gasteiger partial charge in [0.1, 0.15) is 11.7 Å². The van der Waals surface area contributed by atoms with Crippen molar-refractivity contribution in [1.29, 1.82) is 0 Å². The number of rotatable bonds is 2. The van der Waals surface area contributed by atoms with Gasteiger partial charge in [-0.15, -0.1) is 0 Å². The van der Waals surface area contributed by atoms with Crippen LogP contribution in [0, 0.1) is 5.92 Å². The van der Waals surface area contributed by atoms with E-state index < -0.39 is 24.0 Å². The highest BCUT2D eigenvalue weighted by Gasteiger charge is 2.42. The van der Waals surface area contributed by atoms with Crippen molar-refractivity contribution in [3.05, 3.63) is 24.2 Å². The molecule has 0 radical (unpaired) electrons. The fourth-order valence-electron chi connectivity index (χ4n) is 1.48. The van der Waals surface area contributed by atoms with Crippen LogP contribution in [0.4, 0.5) is 0 Å². The summed E-state index contributed by atoms with van der Waals surface area (Å²) < 4.78 is 9.87. The normalized spacial score (nSPS) is 26.1. The number of hydrogen-bond donors (Lipinski definition) is 1. The molecule has 0 spiro atoms. The minimum absolute atomic E-state index is 0.0965. The predicted molar refractivity (Wildman–Crippen MR) is 43.3 cm³/mol. The molecule has 1 aromatic heterocycles. The molecule has 1 aliphatic heterocycles. The molecule has 0 amide bonds. The number of cyclic esters (lactones) is 1. The molecule has 2 atom stereocenters. The van der Waals surface area contributed by atoms with Crippen molar-refractivity contribution in [2.45, 2.75) is 12.5 Å². The van der Waals surface area contributed by atoms with Crippen LogP contribution in [0.2, 0.25) is 0 Å². The Labute approximate surface area is 79.3 Å². The molecular formula is C9H8O5. The SMILES string of the molecule is O=C1C[C@H](C(=O)O)[C@@H](c2ccco2)O1. The zero-order chi connectivity index (χ0) is 10.1. The van der Waals surface area contributed by atoms with Gasteiger partial charge < -0.3 is 14.3 Å². The van der Waals surface area contributed by atoms with E-state index in [1.165, 1.54) is 6.26 Å². The summed E-state index contributed by atoms with van der Waals surface area (Å²) in [6.07, 6.45) is 0.538. The van der Waals surface area contributed by atoms with E-state index in [1.54, 1.807) is 12.1 Å². The first-order valence-electron chi connectivity index (χ1n) is 4.14. The lowest BCUT2D eigenvalue weighted by atomic mass is 10.00. The van der Waals surface area contributed by atoms with Gasteiger partial charge in [0.15, 0.2) is 6.10 Å². The Morgan fingerprint density at radius 2 is 2.36 bits per heavy atom. The largest absolute Gasteiger partial charge is 0.481 e. The van der Waals surface area contributed by atoms with Gasteiger partial charge in [-0.1, -0.05) is 0 Å². The molecule has 2 rings (SSSR count). The van der Waals surface area contributed by atoms with E-state index in [9.17, 15) is 9.59 Å². The lowest BCUT2D eigenvalue weighted by Crippen LogP contribution is -2.16. The zero-order valence-corrected chi connectivity index (χ0v) is 7.17. The Hall–Kier alpha value is -1.78. The topological polar surface area (TPSA) is 76.7 Å². The molecule has 2 heterocycles. The van der Waals surface area contributed by atoms with Gasteiger partial charge in [0, 0.05) is 0 Å². The maximum atomic E-state index is 10.9. The van der Waals surface area contributed by atoms with Crippen molar-refractivity contribution >= 4 is 11.9 Å². The average Bonchev–Trinajstić information content (AvgIpc) is 2.70. The van der Waals surface area contributed by atoms with E-state index >= 15 is 0 Å². The van der Waals surface area contributed by atoms with Crippen molar-refractivity contribution in [2.24, 2.45) is 5.92 Å². The van der Waals surface area contributed by atoms with Crippen LogP contribution in [-0.4, -0.2) is 17.0 Å². The molecule has 5 heteroatoms. The van der Waals surface area contributed by atoms with Crippen LogP contribution in [0.15, 0.2) is 22.8 Å². The van der Waals surface area contributed by atoms with E-state index in [0.29, 0.717) is 5.76 Å². The highest BCUT2D eigenvalue weighted by Crippen LogP contribution is 2.35. The van der Waals surface area contributed by atoms with E-state index in [4.69, 9.17) is 14.3 Å². The summed E-state index contributed by atoms with van der Waals surface area (Å²) in [5.41, 5.74) is 0. The number of furan rings is 1. The third kappa shape index (κ3) is 1.37. The van der Waals surface area contributed by atoms with E-state index in [1.807, 2.05) is 0 Å². The molecule has 1 aliphatic rings. The first-order chi connectivity index (χ1) is 6.68. The van der Waals surface area contributed by atoms with Crippen LogP contribution in [0.1, 0.15) is 18.3 Å². The third-order valence-electron chi connectivity index (χ3n) is 2.15. The molecule has 0 aromatic carbocycles. The number of carboxylic acids is 1. The lowest BCUT2D eigenvalue weighted by molar-refractivity contribution is -0.145. The van der Waals surface area contributed by atoms with Crippen molar-refractivity contribution in [3.63, 3.8) is 0 Å². The second-order valence-corrected chi connectivity index (χ2v) is 3.07. The number of aliphatic carboxylic acids is 1. The molecule has 0 saturated carbocycles. The number of carboxylic acid groups (broad SMARTS) is 1. The predicted octanol–water partition coefficient (Wildman–Crippen LogP) is 0.968. The molecule has 1 N–H and O–H groups in total. The van der Waals surface area contributed by atoms with E-state index in [-0.39, 0.29) is 6.42 Å². The van der Waals surface area contributed by atoms with Gasteiger partial charge in [0.05, 0.1) is 12.7 Å². The van der Waals surface area contributed by atoms with Crippen LogP contribution < -0.4 is 0 Å². The molecule has 1 saturated heterocycles. The second kappa shape index (κ2) is 3.17. The summed E-state index contributed by atoms with van der Waals surface area (Å²) in [6, 6.07) is 3.22. The van der Waals surface area contributed by atoms with Gasteiger partial charge in [-0.05, 0) is 12.1 Å². The zero-order valence-electron chi connectivity index (χ0n) is 7.17. The van der Waals surface area contributed by atoms with Crippen molar-refractivity contribution in [2.75, 3.05) is 0 Å². The average molecular weight is 196 g/mol. The monoisotopic (exact) mass is 196 g/mol. The van der Waals surface area contributed by atoms with E-state index in [0.717, 1.165) is 0 Å². The number of carbonyl (C=O) groups excluding carboxylic acids is 1. The molecule has 0 unspecified atom stereocenters. The standard InChI is InChI=1S/C9H8O5/c10-7-4-5(9(11)12)8(14-7)6-2-1-3-13-6/h1-3,5,8H,4H2,(H,11,12)/t5-,8-/m0/s1. The van der Waals surface area contributed by atoms with Gasteiger partial charge >= 0.3 is 11.9 Å². The molecule has 5 nitrogen and oxygen atoms in total. The Kier molecular flexibility index (Phi) is 1.99. The smallest absolute Gasteiger partial charge is 0.311 e. The molecule has 1 aromatic rings. The summed E-state index contributed by atoms with van der Waals surface area (Å²) in [7, 11) is 0. The number of esters is 1. The first kappa shape index (κ1) is 8.80. The molecule has 0 aliphatic carbocycles. The summed E-state index contributed by atoms with van der Waals surface area (Å²) in [5.74, 6) is -2.01. The van der Waals surface area contributed by atoms with Crippen LogP contribution >= 0.6 is 0 Å². The van der Waals surface area contributed by atoms with Crippen LogP contribution in [0.25, 0.3) is 0 Å². The van der Waals surface area contributed by atoms with Crippen molar-refractivity contribution < 1.29 is 23.8 Å². The summed E-state index contributed by atoms with van der Waals surface area (Å²) >= 11 is 0. The number of ether oxygens (including phenoxy) is 1. The lowest BCUT2D eigenvalue weighted by Gasteiger charge is -2.10. The molecule has 14 heavy (non-hydrogen) atoms. The summed E-state index contributed by atoms with van der Waals surface area (Å²) in [5, 5.41) is 8.83. The Balaban J connectivity index is 2.26. The minimum Gasteiger partial charge on any atom is -0.481 e. The molecule has 0 bridgehead atoms. The Bertz CT molecular complexity index is 353. The first-order valence-corrected chi connectivity index (χ1v) is 4.14. The van der Waals surface area contributed by atoms with Gasteiger partial charge in [-0.2, -0.15) is 0 Å². The quantitative estimate of drug-likeness (QED) is 0.713. The highest BCUT2D eigenvalue weighted by molar-refractivity contribution is 5.82. The second-order valence-electron chi connectivity index (χ2n) is 3.07. The van der Waals surface area contributed by atoms with Crippen molar-refractivity contribution in [1.82, 2.24) is 0 Å². The summed E-state index contributed by atoms with van der Waals surface area (Å²) in [6.45, 7) is 0. The Morgan fingerprint density at radius 3 is 2.93 bits per heavy atom. The Morgan fingerprint density at radius 1 is 1.57 bits per heavy atom. The molecular weight excluding hydrogens is 188 g/mol. The van der Waals surface area contributed by atoms with Gasteiger partial charge in [-0.25, -0.2) is 0 Å². The van der Waals surface area contributed by atoms with E-state index in [2.05, 4.69) is 0 Å². The summed E-state index contributed by atoms with van der Waals surface area (Å²) in [4.78, 5) is 21.7. The molecule has 74 valence electrons. The number of hydrogen-bond acceptors (Lipinski definition) is 4. The van der Waals surface area contributed by atoms with Crippen LogP contribution in [0.5, 0.6) is 0 Å².